The van der Waals surface area contributed by atoms with E-state index in [4.69, 9.17) is 9.40 Å². The number of aryl methyl sites for hydroxylation is 1. The molecule has 0 atom stereocenters. The lowest BCUT2D eigenvalue weighted by molar-refractivity contribution is -0.131. The lowest BCUT2D eigenvalue weighted by atomic mass is 10.1. The highest BCUT2D eigenvalue weighted by Crippen LogP contribution is 2.32. The summed E-state index contributed by atoms with van der Waals surface area (Å²) in [5, 5.41) is 2.84. The largest absolute Gasteiger partial charge is 0.440 e. The van der Waals surface area contributed by atoms with Gasteiger partial charge in [-0.2, -0.15) is 0 Å². The number of amides is 2. The molecule has 178 valence electrons. The third-order valence-corrected chi connectivity index (χ3v) is 5.99. The number of nitrogens with one attached hydrogen (secondary N) is 1. The normalized spacial score (nSPS) is 14.6. The Labute approximate surface area is 200 Å². The molecule has 1 aliphatic heterocycles. The number of carbonyl (C=O) groups excluding carboxylic acids is 2. The van der Waals surface area contributed by atoms with Crippen LogP contribution in [0.2, 0.25) is 0 Å². The third kappa shape index (κ3) is 6.11. The van der Waals surface area contributed by atoms with Gasteiger partial charge in [-0.15, -0.1) is 0 Å². The summed E-state index contributed by atoms with van der Waals surface area (Å²) in [7, 11) is 0. The highest BCUT2D eigenvalue weighted by molar-refractivity contribution is 5.79. The molecule has 1 fully saturated rings. The first-order valence-corrected chi connectivity index (χ1v) is 12.0. The van der Waals surface area contributed by atoms with Crippen molar-refractivity contribution in [3.05, 3.63) is 66.6 Å². The summed E-state index contributed by atoms with van der Waals surface area (Å²) in [6.07, 6.45) is 1.66. The number of nitrogens with zero attached hydrogens (tertiary/aromatic N) is 3. The monoisotopic (exact) mass is 460 g/mol. The molecule has 4 rings (SSSR count). The predicted molar refractivity (Wildman–Crippen MR) is 132 cm³/mol. The van der Waals surface area contributed by atoms with E-state index in [1.54, 1.807) is 0 Å². The molecule has 0 unspecified atom stereocenters. The van der Waals surface area contributed by atoms with E-state index < -0.39 is 0 Å². The van der Waals surface area contributed by atoms with E-state index >= 15 is 0 Å². The van der Waals surface area contributed by atoms with Crippen molar-refractivity contribution in [1.82, 2.24) is 20.1 Å². The molecule has 3 aromatic rings. The second-order valence-corrected chi connectivity index (χ2v) is 8.48. The summed E-state index contributed by atoms with van der Waals surface area (Å²) in [5.74, 6) is 1.43. The van der Waals surface area contributed by atoms with Crippen molar-refractivity contribution in [3.63, 3.8) is 0 Å². The van der Waals surface area contributed by atoms with Crippen LogP contribution < -0.4 is 5.32 Å². The lowest BCUT2D eigenvalue weighted by Gasteiger charge is -2.21. The average molecular weight is 461 g/mol. The van der Waals surface area contributed by atoms with E-state index in [9.17, 15) is 9.59 Å². The fraction of sp³-hybridized carbons (Fsp3) is 0.370. The Hall–Kier alpha value is -3.45. The third-order valence-electron chi connectivity index (χ3n) is 5.99. The highest BCUT2D eigenvalue weighted by Gasteiger charge is 2.22. The number of hydrogen-bond donors (Lipinski definition) is 1. The van der Waals surface area contributed by atoms with Gasteiger partial charge in [0.05, 0.1) is 6.54 Å². The molecule has 1 N–H and O–H groups in total. The van der Waals surface area contributed by atoms with Gasteiger partial charge in [0.2, 0.25) is 11.8 Å². The summed E-state index contributed by atoms with van der Waals surface area (Å²) in [6.45, 7) is 5.81. The van der Waals surface area contributed by atoms with Crippen LogP contribution in [0.5, 0.6) is 0 Å². The first-order valence-electron chi connectivity index (χ1n) is 12.0. The van der Waals surface area contributed by atoms with Gasteiger partial charge < -0.3 is 14.6 Å². The number of aromatic nitrogens is 1. The fourth-order valence-corrected chi connectivity index (χ4v) is 4.25. The predicted octanol–water partition coefficient (Wildman–Crippen LogP) is 3.61. The van der Waals surface area contributed by atoms with Crippen LogP contribution in [-0.2, 0) is 16.0 Å². The number of likely N-dealkylation sites (N-methyl/N-ethyl adjacent to an activating group) is 1. The van der Waals surface area contributed by atoms with Crippen LogP contribution in [0.15, 0.2) is 65.1 Å². The van der Waals surface area contributed by atoms with Gasteiger partial charge >= 0.3 is 0 Å². The first-order chi connectivity index (χ1) is 16.6. The van der Waals surface area contributed by atoms with Crippen molar-refractivity contribution in [1.29, 1.82) is 0 Å². The van der Waals surface area contributed by atoms with E-state index in [1.807, 2.05) is 72.5 Å². The summed E-state index contributed by atoms with van der Waals surface area (Å²) in [6, 6.07) is 19.9. The number of oxazole rings is 1. The zero-order valence-corrected chi connectivity index (χ0v) is 19.7. The summed E-state index contributed by atoms with van der Waals surface area (Å²) < 4.78 is 6.17. The van der Waals surface area contributed by atoms with E-state index in [-0.39, 0.29) is 11.8 Å². The number of benzene rings is 2. The van der Waals surface area contributed by atoms with Crippen molar-refractivity contribution < 1.29 is 14.0 Å². The van der Waals surface area contributed by atoms with E-state index in [0.717, 1.165) is 35.5 Å². The molecular weight excluding hydrogens is 428 g/mol. The number of rotatable bonds is 8. The van der Waals surface area contributed by atoms with Crippen LogP contribution in [0, 0.1) is 0 Å². The molecule has 0 radical (unpaired) electrons. The van der Waals surface area contributed by atoms with Crippen LogP contribution in [0.3, 0.4) is 0 Å². The average Bonchev–Trinajstić information content (AvgIpc) is 3.16. The molecule has 0 spiro atoms. The van der Waals surface area contributed by atoms with Gasteiger partial charge in [0.25, 0.3) is 0 Å². The molecule has 34 heavy (non-hydrogen) atoms. The summed E-state index contributed by atoms with van der Waals surface area (Å²) >= 11 is 0. The van der Waals surface area contributed by atoms with Gasteiger partial charge in [0.1, 0.15) is 5.69 Å². The molecule has 7 nitrogen and oxygen atoms in total. The second-order valence-electron chi connectivity index (χ2n) is 8.48. The topological polar surface area (TPSA) is 78.7 Å². The van der Waals surface area contributed by atoms with Crippen LogP contribution >= 0.6 is 0 Å². The van der Waals surface area contributed by atoms with Crippen molar-refractivity contribution in [2.75, 3.05) is 39.3 Å². The molecule has 0 saturated carbocycles. The Morgan fingerprint density at radius 1 is 0.941 bits per heavy atom. The van der Waals surface area contributed by atoms with E-state index in [1.165, 1.54) is 0 Å². The molecule has 2 heterocycles. The maximum Gasteiger partial charge on any atom is 0.234 e. The van der Waals surface area contributed by atoms with Gasteiger partial charge in [0, 0.05) is 56.7 Å². The quantitative estimate of drug-likeness (QED) is 0.556. The van der Waals surface area contributed by atoms with E-state index in [2.05, 4.69) is 10.2 Å². The zero-order valence-electron chi connectivity index (χ0n) is 19.7. The van der Waals surface area contributed by atoms with Crippen LogP contribution in [0.4, 0.5) is 0 Å². The molecular formula is C27H32N4O3. The number of hydrogen-bond acceptors (Lipinski definition) is 5. The van der Waals surface area contributed by atoms with Gasteiger partial charge in [0.15, 0.2) is 11.7 Å². The Balaban J connectivity index is 1.40. The Morgan fingerprint density at radius 2 is 1.65 bits per heavy atom. The molecule has 2 amide bonds. The van der Waals surface area contributed by atoms with Crippen LogP contribution in [0.1, 0.15) is 25.7 Å². The van der Waals surface area contributed by atoms with Crippen LogP contribution in [-0.4, -0.2) is 65.9 Å². The van der Waals surface area contributed by atoms with E-state index in [0.29, 0.717) is 51.5 Å². The minimum absolute atomic E-state index is 0.0367. The molecule has 0 bridgehead atoms. The fourth-order valence-electron chi connectivity index (χ4n) is 4.25. The molecule has 1 saturated heterocycles. The standard InChI is InChI=1S/C27H32N4O3/c1-2-28-23(32)20-30-16-9-17-31(19-18-30)25(33)15-14-24-29-26(21-10-5-3-6-11-21)27(34-24)22-12-7-4-8-13-22/h3-8,10-13H,2,9,14-20H2,1H3,(H,28,32). The Morgan fingerprint density at radius 3 is 2.35 bits per heavy atom. The number of carbonyl (C=O) groups is 2. The highest BCUT2D eigenvalue weighted by atomic mass is 16.4. The molecule has 2 aromatic carbocycles. The maximum atomic E-state index is 12.9. The second kappa shape index (κ2) is 11.6. The Kier molecular flexibility index (Phi) is 8.09. The van der Waals surface area contributed by atoms with Crippen molar-refractivity contribution >= 4 is 11.8 Å². The Bertz CT molecular complexity index is 1020. The van der Waals surface area contributed by atoms with Crippen molar-refractivity contribution in [2.24, 2.45) is 0 Å². The SMILES string of the molecule is CCNC(=O)CN1CCCN(C(=O)CCc2nc(-c3ccccc3)c(-c3ccccc3)o2)CC1. The minimum Gasteiger partial charge on any atom is -0.440 e. The van der Waals surface area contributed by atoms with Crippen molar-refractivity contribution in [3.8, 4) is 22.6 Å². The smallest absolute Gasteiger partial charge is 0.234 e. The zero-order chi connectivity index (χ0) is 23.8. The van der Waals surface area contributed by atoms with Gasteiger partial charge in [-0.25, -0.2) is 4.98 Å². The maximum absolute atomic E-state index is 12.9. The van der Waals surface area contributed by atoms with Crippen LogP contribution in [0.25, 0.3) is 22.6 Å². The minimum atomic E-state index is 0.0367. The van der Waals surface area contributed by atoms with Gasteiger partial charge in [-0.3, -0.25) is 14.5 Å². The molecule has 1 aliphatic rings. The molecule has 7 heteroatoms. The molecule has 0 aliphatic carbocycles. The van der Waals surface area contributed by atoms with Crippen molar-refractivity contribution in [2.45, 2.75) is 26.2 Å². The lowest BCUT2D eigenvalue weighted by Crippen LogP contribution is -2.40. The summed E-state index contributed by atoms with van der Waals surface area (Å²) in [4.78, 5) is 33.6. The summed E-state index contributed by atoms with van der Waals surface area (Å²) in [5.41, 5.74) is 2.75. The van der Waals surface area contributed by atoms with Gasteiger partial charge in [-0.05, 0) is 13.3 Å². The first kappa shape index (κ1) is 23.7. The molecule has 1 aromatic heterocycles. The van der Waals surface area contributed by atoms with Gasteiger partial charge in [-0.1, -0.05) is 60.7 Å².